The van der Waals surface area contributed by atoms with Gasteiger partial charge in [-0.1, -0.05) is 128 Å². The Morgan fingerprint density at radius 2 is 1.36 bits per heavy atom. The van der Waals surface area contributed by atoms with Gasteiger partial charge in [-0.2, -0.15) is 0 Å². The van der Waals surface area contributed by atoms with Crippen LogP contribution in [0.15, 0.2) is 191 Å². The molecule has 0 amide bonds. The van der Waals surface area contributed by atoms with Crippen molar-refractivity contribution in [2.45, 2.75) is 13.5 Å². The molecule has 7 aromatic carbocycles. The molecular formula is C52H39N3OS2. The van der Waals surface area contributed by atoms with Gasteiger partial charge in [0.05, 0.1) is 6.54 Å². The summed E-state index contributed by atoms with van der Waals surface area (Å²) < 4.78 is 11.6. The number of nitrogens with zero attached hydrogens (tertiary/aromatic N) is 1. The Morgan fingerprint density at radius 3 is 2.21 bits per heavy atom. The zero-order valence-corrected chi connectivity index (χ0v) is 33.5. The molecular weight excluding hydrogens is 747 g/mol. The minimum absolute atomic E-state index is 0.0839. The van der Waals surface area contributed by atoms with Crippen LogP contribution in [0.2, 0.25) is 0 Å². The quantitative estimate of drug-likeness (QED) is 0.0914. The molecule has 0 aliphatic heterocycles. The Morgan fingerprint density at radius 1 is 0.655 bits per heavy atom. The number of benzene rings is 7. The lowest BCUT2D eigenvalue weighted by molar-refractivity contribution is 0.669. The molecule has 0 saturated heterocycles. The minimum atomic E-state index is 0.0839. The summed E-state index contributed by atoms with van der Waals surface area (Å²) in [5, 5.41) is 14.5. The van der Waals surface area contributed by atoms with Gasteiger partial charge in [-0.3, -0.25) is 10.4 Å². The number of thiophene rings is 2. The van der Waals surface area contributed by atoms with Gasteiger partial charge in [-0.15, -0.1) is 22.7 Å². The van der Waals surface area contributed by atoms with Gasteiger partial charge in [-0.25, -0.2) is 0 Å². The number of nitrogens with two attached hydrogens (primary N) is 1. The predicted molar refractivity (Wildman–Crippen MR) is 253 cm³/mol. The van der Waals surface area contributed by atoms with Crippen LogP contribution in [0.1, 0.15) is 18.1 Å². The van der Waals surface area contributed by atoms with E-state index in [0.29, 0.717) is 6.54 Å². The third-order valence-electron chi connectivity index (χ3n) is 10.4. The molecule has 3 heterocycles. The molecule has 4 nitrogen and oxygen atoms in total. The predicted octanol–water partition coefficient (Wildman–Crippen LogP) is 14.9. The molecule has 6 heteroatoms. The normalized spacial score (nSPS) is 12.1. The van der Waals surface area contributed by atoms with E-state index in [0.717, 1.165) is 33.1 Å². The van der Waals surface area contributed by atoms with Crippen LogP contribution in [0.25, 0.3) is 84.5 Å². The second-order valence-electron chi connectivity index (χ2n) is 14.0. The third-order valence-corrected chi connectivity index (χ3v) is 12.7. The van der Waals surface area contributed by atoms with Crippen molar-refractivity contribution in [3.8, 4) is 22.3 Å². The maximum atomic E-state index is 7.05. The monoisotopic (exact) mass is 785 g/mol. The van der Waals surface area contributed by atoms with Crippen LogP contribution >= 0.6 is 22.7 Å². The van der Waals surface area contributed by atoms with Crippen LogP contribution in [-0.4, -0.2) is 12.1 Å². The average molecular weight is 786 g/mol. The summed E-state index contributed by atoms with van der Waals surface area (Å²) in [5.74, 6) is 0.0839. The molecule has 0 atom stereocenters. The number of furan rings is 1. The molecule has 280 valence electrons. The van der Waals surface area contributed by atoms with E-state index in [1.807, 2.05) is 54.0 Å². The van der Waals surface area contributed by atoms with Crippen molar-refractivity contribution in [1.29, 1.82) is 5.41 Å². The van der Waals surface area contributed by atoms with Gasteiger partial charge in [0.1, 0.15) is 17.0 Å². The standard InChI is InChI=1S/C44H27NOS2.C8H12N2/c1-2-8-27(9-3-1)25-45-26-31-10-6-13-38-43(31)35-23-30(17-20-37(35)46-38)32-12-7-15-41-44(32)36-22-28(18-21-40(36)47-41)29-16-19-34-33-11-4-5-14-39(33)48-42(34)24-29;1-3-5-6-7(4-2)8(9)10/h1-24,26H,25H2;3-6H,1H2,2H3,(H3,9,10)/b;6-5-,7-4+. The largest absolute Gasteiger partial charge is 0.456 e. The molecule has 3 aromatic heterocycles. The minimum Gasteiger partial charge on any atom is -0.456 e. The molecule has 0 unspecified atom stereocenters. The first kappa shape index (κ1) is 36.8. The van der Waals surface area contributed by atoms with E-state index in [-0.39, 0.29) is 5.84 Å². The van der Waals surface area contributed by atoms with Crippen LogP contribution in [0, 0.1) is 5.41 Å². The summed E-state index contributed by atoms with van der Waals surface area (Å²) >= 11 is 3.73. The maximum absolute atomic E-state index is 7.05. The van der Waals surface area contributed by atoms with Crippen molar-refractivity contribution in [1.82, 2.24) is 0 Å². The maximum Gasteiger partial charge on any atom is 0.136 e. The lowest BCUT2D eigenvalue weighted by atomic mass is 9.96. The molecule has 0 aliphatic rings. The van der Waals surface area contributed by atoms with Gasteiger partial charge < -0.3 is 10.2 Å². The number of amidine groups is 1. The summed E-state index contributed by atoms with van der Waals surface area (Å²) in [6.45, 7) is 5.98. The number of aliphatic imine (C=N–C) groups is 1. The second-order valence-corrected chi connectivity index (χ2v) is 16.2. The molecule has 0 fully saturated rings. The zero-order chi connectivity index (χ0) is 39.6. The van der Waals surface area contributed by atoms with E-state index in [2.05, 4.69) is 134 Å². The van der Waals surface area contributed by atoms with Gasteiger partial charge in [0, 0.05) is 68.5 Å². The third kappa shape index (κ3) is 7.05. The molecule has 0 radical (unpaired) electrons. The number of fused-ring (bicyclic) bond motifs is 9. The molecule has 0 aliphatic carbocycles. The van der Waals surface area contributed by atoms with Crippen LogP contribution < -0.4 is 5.73 Å². The van der Waals surface area contributed by atoms with E-state index >= 15 is 0 Å². The van der Waals surface area contributed by atoms with Crippen molar-refractivity contribution < 1.29 is 4.42 Å². The van der Waals surface area contributed by atoms with Gasteiger partial charge in [0.15, 0.2) is 0 Å². The van der Waals surface area contributed by atoms with Crippen molar-refractivity contribution in [2.24, 2.45) is 10.7 Å². The fraction of sp³-hybridized carbons (Fsp3) is 0.0385. The lowest BCUT2D eigenvalue weighted by Gasteiger charge is -2.07. The fourth-order valence-electron chi connectivity index (χ4n) is 7.63. The van der Waals surface area contributed by atoms with E-state index in [1.165, 1.54) is 68.2 Å². The SMILES string of the molecule is C(=NCc1ccccc1)c1cccc2oc3ccc(-c4cccc5sc6ccc(-c7ccc8c(c7)sc7ccccc78)cc6c45)cc3c12.C=C/C=C\C(=C/C)C(=N)N. The topological polar surface area (TPSA) is 75.4 Å². The number of hydrogen-bond donors (Lipinski definition) is 2. The second kappa shape index (κ2) is 15.9. The van der Waals surface area contributed by atoms with Gasteiger partial charge in [0.2, 0.25) is 0 Å². The fourth-order valence-corrected chi connectivity index (χ4v) is 9.89. The average Bonchev–Trinajstić information content (AvgIpc) is 3.95. The van der Waals surface area contributed by atoms with E-state index in [1.54, 1.807) is 24.3 Å². The Kier molecular flexibility index (Phi) is 10.1. The van der Waals surface area contributed by atoms with Gasteiger partial charge >= 0.3 is 0 Å². The molecule has 58 heavy (non-hydrogen) atoms. The highest BCUT2D eigenvalue weighted by molar-refractivity contribution is 7.26. The van der Waals surface area contributed by atoms with E-state index < -0.39 is 0 Å². The number of rotatable bonds is 8. The van der Waals surface area contributed by atoms with Crippen molar-refractivity contribution in [3.05, 3.63) is 193 Å². The van der Waals surface area contributed by atoms with E-state index in [4.69, 9.17) is 20.6 Å². The number of allylic oxidation sites excluding steroid dienone is 3. The highest BCUT2D eigenvalue weighted by atomic mass is 32.1. The highest BCUT2D eigenvalue weighted by Gasteiger charge is 2.16. The Labute approximate surface area is 344 Å². The summed E-state index contributed by atoms with van der Waals surface area (Å²) in [7, 11) is 0. The van der Waals surface area contributed by atoms with Crippen molar-refractivity contribution in [3.63, 3.8) is 0 Å². The summed E-state index contributed by atoms with van der Waals surface area (Å²) in [4.78, 5) is 4.79. The van der Waals surface area contributed by atoms with Crippen LogP contribution in [0.3, 0.4) is 0 Å². The first-order valence-electron chi connectivity index (χ1n) is 19.1. The van der Waals surface area contributed by atoms with Gasteiger partial charge in [0.25, 0.3) is 0 Å². The zero-order valence-electron chi connectivity index (χ0n) is 31.9. The molecule has 3 N–H and O–H groups in total. The van der Waals surface area contributed by atoms with Gasteiger partial charge in [-0.05, 0) is 83.3 Å². The summed E-state index contributed by atoms with van der Waals surface area (Å²) in [6.07, 6.45) is 8.91. The Bertz CT molecular complexity index is 3270. The summed E-state index contributed by atoms with van der Waals surface area (Å²) in [5.41, 5.74) is 14.9. The highest BCUT2D eigenvalue weighted by Crippen LogP contribution is 2.44. The molecule has 0 bridgehead atoms. The van der Waals surface area contributed by atoms with Crippen LogP contribution in [0.4, 0.5) is 0 Å². The van der Waals surface area contributed by atoms with Crippen molar-refractivity contribution in [2.75, 3.05) is 0 Å². The smallest absolute Gasteiger partial charge is 0.136 e. The summed E-state index contributed by atoms with van der Waals surface area (Å²) in [6, 6.07) is 52.5. The molecule has 0 spiro atoms. The van der Waals surface area contributed by atoms with E-state index in [9.17, 15) is 0 Å². The molecule has 0 saturated carbocycles. The molecule has 10 rings (SSSR count). The first-order valence-corrected chi connectivity index (χ1v) is 20.8. The Hall–Kier alpha value is -6.86. The number of nitrogens with one attached hydrogen (secondary N) is 1. The lowest BCUT2D eigenvalue weighted by Crippen LogP contribution is -2.10. The van der Waals surface area contributed by atoms with Crippen molar-refractivity contribution >= 4 is 97.0 Å². The Balaban J connectivity index is 0.000000389. The van der Waals surface area contributed by atoms with Crippen LogP contribution in [-0.2, 0) is 6.54 Å². The first-order chi connectivity index (χ1) is 28.5. The van der Waals surface area contributed by atoms with Crippen LogP contribution in [0.5, 0.6) is 0 Å². The molecule has 10 aromatic rings. The number of hydrogen-bond acceptors (Lipinski definition) is 5.